The van der Waals surface area contributed by atoms with E-state index in [2.05, 4.69) is 10.2 Å². The van der Waals surface area contributed by atoms with Gasteiger partial charge in [-0.1, -0.05) is 6.07 Å². The smallest absolute Gasteiger partial charge is 0.341 e. The molecule has 0 saturated carbocycles. The quantitative estimate of drug-likeness (QED) is 0.599. The van der Waals surface area contributed by atoms with Crippen LogP contribution in [0.4, 0.5) is 0 Å². The summed E-state index contributed by atoms with van der Waals surface area (Å²) in [5.41, 5.74) is 0.964. The van der Waals surface area contributed by atoms with Gasteiger partial charge in [0.05, 0.1) is 0 Å². The maximum atomic E-state index is 10.7. The number of nitrogens with zero attached hydrogens (tertiary/aromatic N) is 1. The predicted molar refractivity (Wildman–Crippen MR) is 90.1 cm³/mol. The third-order valence-electron chi connectivity index (χ3n) is 4.11. The lowest BCUT2D eigenvalue weighted by Crippen LogP contribution is -2.40. The van der Waals surface area contributed by atoms with E-state index in [0.29, 0.717) is 6.04 Å². The molecule has 1 fully saturated rings. The summed E-state index contributed by atoms with van der Waals surface area (Å²) < 4.78 is 10.4. The Morgan fingerprint density at radius 3 is 2.28 bits per heavy atom. The molecule has 1 aromatic rings. The van der Waals surface area contributed by atoms with Gasteiger partial charge in [0.25, 0.3) is 0 Å². The number of piperidine rings is 1. The zero-order valence-electron chi connectivity index (χ0n) is 14.2. The van der Waals surface area contributed by atoms with Crippen molar-refractivity contribution in [3.05, 3.63) is 23.8 Å². The van der Waals surface area contributed by atoms with E-state index in [-0.39, 0.29) is 11.5 Å². The zero-order chi connectivity index (χ0) is 18.2. The van der Waals surface area contributed by atoms with Gasteiger partial charge in [-0.2, -0.15) is 0 Å². The van der Waals surface area contributed by atoms with Crippen LogP contribution in [0.3, 0.4) is 0 Å². The van der Waals surface area contributed by atoms with Gasteiger partial charge in [0, 0.05) is 12.6 Å². The van der Waals surface area contributed by atoms with E-state index >= 15 is 0 Å². The first-order valence-corrected chi connectivity index (χ1v) is 8.19. The fraction of sp³-hybridized carbons (Fsp3) is 0.529. The number of carboxylic acid groups (broad SMARTS) is 2. The minimum atomic E-state index is -1.11. The van der Waals surface area contributed by atoms with E-state index in [9.17, 15) is 9.59 Å². The normalized spacial score (nSPS) is 15.7. The van der Waals surface area contributed by atoms with Gasteiger partial charge in [0.1, 0.15) is 0 Å². The highest BCUT2D eigenvalue weighted by Crippen LogP contribution is 2.29. The third kappa shape index (κ3) is 6.24. The van der Waals surface area contributed by atoms with Crippen molar-refractivity contribution >= 4 is 11.9 Å². The van der Waals surface area contributed by atoms with Crippen LogP contribution in [0.5, 0.6) is 11.5 Å². The van der Waals surface area contributed by atoms with Crippen LogP contribution in [0.1, 0.15) is 18.4 Å². The molecule has 3 N–H and O–H groups in total. The predicted octanol–water partition coefficient (Wildman–Crippen LogP) is 0.797. The standard InChI is InChI=1S/C17H24N2O6/c1-18-13-4-6-19(7-5-13)9-12-2-3-14(24-10-16(20)21)15(8-12)25-11-17(22)23/h2-3,8,13,18H,4-7,9-11H2,1H3,(H,20,21)(H,22,23). The largest absolute Gasteiger partial charge is 0.479 e. The number of hydrogen-bond donors (Lipinski definition) is 3. The molecular weight excluding hydrogens is 328 g/mol. The van der Waals surface area contributed by atoms with E-state index in [4.69, 9.17) is 19.7 Å². The van der Waals surface area contributed by atoms with Crippen molar-refractivity contribution in [2.75, 3.05) is 33.4 Å². The van der Waals surface area contributed by atoms with Crippen LogP contribution in [0.15, 0.2) is 18.2 Å². The molecule has 1 heterocycles. The maximum absolute atomic E-state index is 10.7. The van der Waals surface area contributed by atoms with Gasteiger partial charge in [0.2, 0.25) is 0 Å². The van der Waals surface area contributed by atoms with Crippen molar-refractivity contribution in [2.45, 2.75) is 25.4 Å². The zero-order valence-corrected chi connectivity index (χ0v) is 14.2. The van der Waals surface area contributed by atoms with E-state index in [1.807, 2.05) is 13.1 Å². The average molecular weight is 352 g/mol. The molecular formula is C17H24N2O6. The second-order valence-electron chi connectivity index (χ2n) is 5.99. The molecule has 0 atom stereocenters. The summed E-state index contributed by atoms with van der Waals surface area (Å²) in [6.07, 6.45) is 2.16. The van der Waals surface area contributed by atoms with Gasteiger partial charge in [-0.25, -0.2) is 9.59 Å². The summed E-state index contributed by atoms with van der Waals surface area (Å²) >= 11 is 0. The Bertz CT molecular complexity index is 599. The van der Waals surface area contributed by atoms with Crippen molar-refractivity contribution in [1.82, 2.24) is 10.2 Å². The molecule has 1 aliphatic heterocycles. The molecule has 0 aromatic heterocycles. The van der Waals surface area contributed by atoms with Gasteiger partial charge in [-0.3, -0.25) is 4.90 Å². The Morgan fingerprint density at radius 2 is 1.72 bits per heavy atom. The Kier molecular flexibility index (Phi) is 7.03. The molecule has 0 bridgehead atoms. The molecule has 0 amide bonds. The number of rotatable bonds is 9. The maximum Gasteiger partial charge on any atom is 0.341 e. The van der Waals surface area contributed by atoms with E-state index in [1.54, 1.807) is 12.1 Å². The highest BCUT2D eigenvalue weighted by Gasteiger charge is 2.18. The molecule has 1 aromatic carbocycles. The van der Waals surface area contributed by atoms with E-state index in [1.165, 1.54) is 0 Å². The van der Waals surface area contributed by atoms with Crippen LogP contribution < -0.4 is 14.8 Å². The van der Waals surface area contributed by atoms with Crippen LogP contribution in [0, 0.1) is 0 Å². The lowest BCUT2D eigenvalue weighted by atomic mass is 10.0. The molecule has 25 heavy (non-hydrogen) atoms. The SMILES string of the molecule is CNC1CCN(Cc2ccc(OCC(=O)O)c(OCC(=O)O)c2)CC1. The van der Waals surface area contributed by atoms with Crippen molar-refractivity contribution in [2.24, 2.45) is 0 Å². The highest BCUT2D eigenvalue weighted by atomic mass is 16.5. The van der Waals surface area contributed by atoms with Gasteiger partial charge in [-0.05, 0) is 50.7 Å². The summed E-state index contributed by atoms with van der Waals surface area (Å²) in [5.74, 6) is -1.75. The third-order valence-corrected chi connectivity index (χ3v) is 4.11. The number of hydrogen-bond acceptors (Lipinski definition) is 6. The summed E-state index contributed by atoms with van der Waals surface area (Å²) in [7, 11) is 1.97. The fourth-order valence-electron chi connectivity index (χ4n) is 2.80. The van der Waals surface area contributed by atoms with Crippen molar-refractivity contribution < 1.29 is 29.3 Å². The number of benzene rings is 1. The lowest BCUT2D eigenvalue weighted by Gasteiger charge is -2.31. The number of aliphatic carboxylic acids is 2. The van der Waals surface area contributed by atoms with Crippen LogP contribution in [0.25, 0.3) is 0 Å². The first kappa shape index (κ1) is 19.0. The minimum absolute atomic E-state index is 0.223. The molecule has 0 unspecified atom stereocenters. The van der Waals surface area contributed by atoms with Crippen molar-refractivity contribution in [3.63, 3.8) is 0 Å². The molecule has 1 aliphatic rings. The molecule has 1 saturated heterocycles. The lowest BCUT2D eigenvalue weighted by molar-refractivity contribution is -0.140. The number of carbonyl (C=O) groups is 2. The first-order chi connectivity index (χ1) is 12.0. The van der Waals surface area contributed by atoms with Crippen molar-refractivity contribution in [1.29, 1.82) is 0 Å². The Hall–Kier alpha value is -2.32. The summed E-state index contributed by atoms with van der Waals surface area (Å²) in [6, 6.07) is 5.73. The summed E-state index contributed by atoms with van der Waals surface area (Å²) in [4.78, 5) is 23.7. The first-order valence-electron chi connectivity index (χ1n) is 8.19. The fourth-order valence-corrected chi connectivity index (χ4v) is 2.80. The molecule has 0 spiro atoms. The van der Waals surface area contributed by atoms with Gasteiger partial charge < -0.3 is 25.0 Å². The van der Waals surface area contributed by atoms with Crippen LogP contribution >= 0.6 is 0 Å². The van der Waals surface area contributed by atoms with Crippen molar-refractivity contribution in [3.8, 4) is 11.5 Å². The van der Waals surface area contributed by atoms with E-state index < -0.39 is 25.2 Å². The average Bonchev–Trinajstić information content (AvgIpc) is 2.59. The molecule has 2 rings (SSSR count). The van der Waals surface area contributed by atoms with Gasteiger partial charge in [0.15, 0.2) is 24.7 Å². The number of carboxylic acids is 2. The summed E-state index contributed by atoms with van der Waals surface area (Å²) in [6.45, 7) is 1.65. The monoisotopic (exact) mass is 352 g/mol. The second-order valence-corrected chi connectivity index (χ2v) is 5.99. The van der Waals surface area contributed by atoms with Crippen LogP contribution in [-0.2, 0) is 16.1 Å². The Morgan fingerprint density at radius 1 is 1.12 bits per heavy atom. The van der Waals surface area contributed by atoms with Gasteiger partial charge >= 0.3 is 11.9 Å². The highest BCUT2D eigenvalue weighted by molar-refractivity contribution is 5.69. The van der Waals surface area contributed by atoms with Crippen LogP contribution in [-0.4, -0.2) is 66.4 Å². The Labute approximate surface area is 146 Å². The molecule has 8 heteroatoms. The second kappa shape index (κ2) is 9.24. The van der Waals surface area contributed by atoms with Crippen LogP contribution in [0.2, 0.25) is 0 Å². The molecule has 138 valence electrons. The number of ether oxygens (including phenoxy) is 2. The summed E-state index contributed by atoms with van der Waals surface area (Å²) in [5, 5.41) is 20.8. The van der Waals surface area contributed by atoms with Gasteiger partial charge in [-0.15, -0.1) is 0 Å². The minimum Gasteiger partial charge on any atom is -0.479 e. The Balaban J connectivity index is 2.04. The molecule has 0 radical (unpaired) electrons. The number of likely N-dealkylation sites (tertiary alicyclic amines) is 1. The molecule has 0 aliphatic carbocycles. The molecule has 8 nitrogen and oxygen atoms in total. The van der Waals surface area contributed by atoms with E-state index in [0.717, 1.165) is 38.0 Å². The topological polar surface area (TPSA) is 108 Å². The number of nitrogens with one attached hydrogen (secondary N) is 1.